The van der Waals surface area contributed by atoms with Gasteiger partial charge in [0.1, 0.15) is 11.5 Å². The maximum atomic E-state index is 13.4. The molecule has 6 heteroatoms. The van der Waals surface area contributed by atoms with E-state index in [0.717, 1.165) is 17.0 Å². The number of carbonyl (C=O) groups is 2. The molecule has 0 radical (unpaired) electrons. The second-order valence-corrected chi connectivity index (χ2v) is 5.11. The number of hydrogen-bond acceptors (Lipinski definition) is 2. The Kier molecular flexibility index (Phi) is 3.29. The largest absolute Gasteiger partial charge is 0.326 e. The van der Waals surface area contributed by atoms with Gasteiger partial charge in [0.2, 0.25) is 0 Å². The highest BCUT2D eigenvalue weighted by Gasteiger charge is 2.23. The molecule has 1 aliphatic rings. The van der Waals surface area contributed by atoms with E-state index < -0.39 is 11.9 Å². The van der Waals surface area contributed by atoms with Gasteiger partial charge >= 0.3 is 6.03 Å². The summed E-state index contributed by atoms with van der Waals surface area (Å²) < 4.78 is 15.3. The average molecular weight is 299 g/mol. The predicted octanol–water partition coefficient (Wildman–Crippen LogP) is 2.41. The molecule has 0 bridgehead atoms. The molecule has 1 aromatic carbocycles. The van der Waals surface area contributed by atoms with E-state index in [4.69, 9.17) is 0 Å². The van der Waals surface area contributed by atoms with Crippen LogP contribution >= 0.6 is 0 Å². The van der Waals surface area contributed by atoms with Gasteiger partial charge in [0.15, 0.2) is 0 Å². The molecule has 2 aromatic rings. The van der Waals surface area contributed by atoms with Gasteiger partial charge in [-0.15, -0.1) is 0 Å². The van der Waals surface area contributed by atoms with Gasteiger partial charge in [-0.3, -0.25) is 10.1 Å². The second-order valence-electron chi connectivity index (χ2n) is 5.11. The number of urea groups is 1. The average Bonchev–Trinajstić information content (AvgIpc) is 2.90. The SMILES string of the molecule is Cc1cc(/C=C2\NC(=O)NC2=O)c(C)n1-c1cccc(F)c1. The van der Waals surface area contributed by atoms with Gasteiger partial charge < -0.3 is 9.88 Å². The van der Waals surface area contributed by atoms with Crippen LogP contribution in [0, 0.1) is 19.7 Å². The summed E-state index contributed by atoms with van der Waals surface area (Å²) in [5.41, 5.74) is 3.45. The molecule has 1 fully saturated rings. The van der Waals surface area contributed by atoms with Gasteiger partial charge in [-0.1, -0.05) is 6.07 Å². The Balaban J connectivity index is 2.06. The van der Waals surface area contributed by atoms with Gasteiger partial charge in [-0.2, -0.15) is 0 Å². The first kappa shape index (κ1) is 14.1. The van der Waals surface area contributed by atoms with Gasteiger partial charge in [0.05, 0.1) is 0 Å². The zero-order chi connectivity index (χ0) is 15.9. The molecular weight excluding hydrogens is 285 g/mol. The monoisotopic (exact) mass is 299 g/mol. The van der Waals surface area contributed by atoms with E-state index in [1.807, 2.05) is 30.5 Å². The van der Waals surface area contributed by atoms with Crippen LogP contribution in [0.25, 0.3) is 11.8 Å². The van der Waals surface area contributed by atoms with Crippen LogP contribution in [0.5, 0.6) is 0 Å². The molecule has 1 aliphatic heterocycles. The Morgan fingerprint density at radius 2 is 1.91 bits per heavy atom. The van der Waals surface area contributed by atoms with Crippen molar-refractivity contribution < 1.29 is 14.0 Å². The number of benzene rings is 1. The van der Waals surface area contributed by atoms with Crippen LogP contribution in [-0.4, -0.2) is 16.5 Å². The van der Waals surface area contributed by atoms with Gasteiger partial charge in [0.25, 0.3) is 5.91 Å². The van der Waals surface area contributed by atoms with Crippen molar-refractivity contribution in [2.24, 2.45) is 0 Å². The molecule has 1 saturated heterocycles. The van der Waals surface area contributed by atoms with Crippen LogP contribution in [-0.2, 0) is 4.79 Å². The lowest BCUT2D eigenvalue weighted by atomic mass is 10.2. The molecule has 0 unspecified atom stereocenters. The van der Waals surface area contributed by atoms with Crippen LogP contribution in [0.1, 0.15) is 17.0 Å². The van der Waals surface area contributed by atoms with Crippen molar-refractivity contribution in [3.63, 3.8) is 0 Å². The van der Waals surface area contributed by atoms with E-state index in [0.29, 0.717) is 5.69 Å². The van der Waals surface area contributed by atoms with Crippen molar-refractivity contribution in [1.29, 1.82) is 0 Å². The summed E-state index contributed by atoms with van der Waals surface area (Å²) >= 11 is 0. The van der Waals surface area contributed by atoms with Crippen molar-refractivity contribution in [1.82, 2.24) is 15.2 Å². The highest BCUT2D eigenvalue weighted by atomic mass is 19.1. The van der Waals surface area contributed by atoms with Crippen LogP contribution in [0.15, 0.2) is 36.0 Å². The zero-order valence-corrected chi connectivity index (χ0v) is 12.1. The van der Waals surface area contributed by atoms with Crippen LogP contribution in [0.2, 0.25) is 0 Å². The van der Waals surface area contributed by atoms with Crippen LogP contribution in [0.4, 0.5) is 9.18 Å². The Labute approximate surface area is 126 Å². The fraction of sp³-hybridized carbons (Fsp3) is 0.125. The fourth-order valence-corrected chi connectivity index (χ4v) is 2.58. The summed E-state index contributed by atoms with van der Waals surface area (Å²) in [4.78, 5) is 22.7. The standard InChI is InChI=1S/C16H14FN3O2/c1-9-6-11(7-14-15(21)19-16(22)18-14)10(2)20(9)13-5-3-4-12(17)8-13/h3-8H,1-2H3,(H2,18,19,21,22)/b14-7-. The summed E-state index contributed by atoms with van der Waals surface area (Å²) in [7, 11) is 0. The van der Waals surface area contributed by atoms with E-state index >= 15 is 0 Å². The Morgan fingerprint density at radius 1 is 1.14 bits per heavy atom. The number of aromatic nitrogens is 1. The van der Waals surface area contributed by atoms with Crippen molar-refractivity contribution in [3.8, 4) is 5.69 Å². The van der Waals surface area contributed by atoms with Crippen molar-refractivity contribution in [3.05, 3.63) is 58.8 Å². The fourth-order valence-electron chi connectivity index (χ4n) is 2.58. The summed E-state index contributed by atoms with van der Waals surface area (Å²) in [6.07, 6.45) is 1.61. The molecule has 1 aromatic heterocycles. The summed E-state index contributed by atoms with van der Waals surface area (Å²) in [6, 6.07) is 7.64. The number of aryl methyl sites for hydroxylation is 1. The third kappa shape index (κ3) is 2.39. The second kappa shape index (κ2) is 5.14. The molecule has 2 heterocycles. The molecule has 2 N–H and O–H groups in total. The van der Waals surface area contributed by atoms with Crippen molar-refractivity contribution in [2.45, 2.75) is 13.8 Å². The lowest BCUT2D eigenvalue weighted by Crippen LogP contribution is -2.22. The number of carbonyl (C=O) groups excluding carboxylic acids is 2. The Morgan fingerprint density at radius 3 is 2.55 bits per heavy atom. The molecule has 5 nitrogen and oxygen atoms in total. The highest BCUT2D eigenvalue weighted by Crippen LogP contribution is 2.23. The van der Waals surface area contributed by atoms with E-state index in [1.54, 1.807) is 12.1 Å². The molecule has 0 saturated carbocycles. The lowest BCUT2D eigenvalue weighted by Gasteiger charge is -2.09. The van der Waals surface area contributed by atoms with Crippen molar-refractivity contribution >= 4 is 18.0 Å². The smallest absolute Gasteiger partial charge is 0.318 e. The van der Waals surface area contributed by atoms with E-state index in [1.165, 1.54) is 12.1 Å². The minimum absolute atomic E-state index is 0.199. The third-order valence-electron chi connectivity index (χ3n) is 3.56. The van der Waals surface area contributed by atoms with E-state index in [-0.39, 0.29) is 11.5 Å². The molecule has 3 amide bonds. The van der Waals surface area contributed by atoms with Crippen molar-refractivity contribution in [2.75, 3.05) is 0 Å². The lowest BCUT2D eigenvalue weighted by molar-refractivity contribution is -0.115. The van der Waals surface area contributed by atoms with Crippen LogP contribution < -0.4 is 10.6 Å². The number of imide groups is 1. The quantitative estimate of drug-likeness (QED) is 0.661. The minimum atomic E-state index is -0.532. The first-order valence-electron chi connectivity index (χ1n) is 6.74. The number of rotatable bonds is 2. The highest BCUT2D eigenvalue weighted by molar-refractivity contribution is 6.14. The molecule has 112 valence electrons. The Hall–Kier alpha value is -2.89. The number of nitrogens with zero attached hydrogens (tertiary/aromatic N) is 1. The zero-order valence-electron chi connectivity index (χ0n) is 12.1. The van der Waals surface area contributed by atoms with Gasteiger partial charge in [0, 0.05) is 17.1 Å². The van der Waals surface area contributed by atoms with E-state index in [2.05, 4.69) is 10.6 Å². The minimum Gasteiger partial charge on any atom is -0.318 e. The first-order valence-corrected chi connectivity index (χ1v) is 6.74. The van der Waals surface area contributed by atoms with E-state index in [9.17, 15) is 14.0 Å². The molecule has 3 rings (SSSR count). The molecular formula is C16H14FN3O2. The summed E-state index contributed by atoms with van der Waals surface area (Å²) in [6.45, 7) is 3.77. The third-order valence-corrected chi connectivity index (χ3v) is 3.56. The molecule has 22 heavy (non-hydrogen) atoms. The number of nitrogens with one attached hydrogen (secondary N) is 2. The van der Waals surface area contributed by atoms with Gasteiger partial charge in [-0.05, 0) is 49.8 Å². The normalized spacial score (nSPS) is 16.0. The first-order chi connectivity index (χ1) is 10.5. The number of hydrogen-bond donors (Lipinski definition) is 2. The van der Waals surface area contributed by atoms with Crippen LogP contribution in [0.3, 0.4) is 0 Å². The maximum Gasteiger partial charge on any atom is 0.326 e. The molecule has 0 atom stereocenters. The molecule has 0 aliphatic carbocycles. The number of amides is 3. The maximum absolute atomic E-state index is 13.4. The summed E-state index contributed by atoms with van der Waals surface area (Å²) in [5, 5.41) is 4.60. The van der Waals surface area contributed by atoms with Gasteiger partial charge in [-0.25, -0.2) is 9.18 Å². The Bertz CT molecular complexity index is 821. The topological polar surface area (TPSA) is 63.1 Å². The number of halogens is 1. The predicted molar refractivity (Wildman–Crippen MR) is 79.9 cm³/mol. The summed E-state index contributed by atoms with van der Waals surface area (Å²) in [5.74, 6) is -0.770. The molecule has 0 spiro atoms.